The van der Waals surface area contributed by atoms with E-state index in [-0.39, 0.29) is 17.4 Å². The summed E-state index contributed by atoms with van der Waals surface area (Å²) < 4.78 is 7.09. The quantitative estimate of drug-likeness (QED) is 0.777. The summed E-state index contributed by atoms with van der Waals surface area (Å²) in [6.07, 6.45) is 6.27. The van der Waals surface area contributed by atoms with Gasteiger partial charge in [0.25, 0.3) is 5.56 Å². The molecule has 1 aliphatic carbocycles. The Morgan fingerprint density at radius 2 is 2.22 bits per heavy atom. The second-order valence-electron chi connectivity index (χ2n) is 6.90. The molecule has 1 aromatic heterocycles. The van der Waals surface area contributed by atoms with Crippen LogP contribution in [0.3, 0.4) is 0 Å². The first-order valence-corrected chi connectivity index (χ1v) is 8.49. The molecule has 1 atom stereocenters. The van der Waals surface area contributed by atoms with Crippen LogP contribution in [0.15, 0.2) is 17.2 Å². The van der Waals surface area contributed by atoms with E-state index in [9.17, 15) is 9.59 Å². The average molecular weight is 319 g/mol. The van der Waals surface area contributed by atoms with Crippen LogP contribution in [0.2, 0.25) is 0 Å². The monoisotopic (exact) mass is 319 g/mol. The summed E-state index contributed by atoms with van der Waals surface area (Å²) in [5, 5.41) is 0. The van der Waals surface area contributed by atoms with Crippen molar-refractivity contribution in [3.8, 4) is 0 Å². The van der Waals surface area contributed by atoms with Crippen molar-refractivity contribution in [1.29, 1.82) is 0 Å². The van der Waals surface area contributed by atoms with Gasteiger partial charge in [0.15, 0.2) is 5.82 Å². The maximum atomic E-state index is 12.7. The molecule has 6 heteroatoms. The number of hydrogen-bond acceptors (Lipinski definition) is 5. The van der Waals surface area contributed by atoms with Crippen LogP contribution in [-0.4, -0.2) is 35.2 Å². The summed E-state index contributed by atoms with van der Waals surface area (Å²) in [6.45, 7) is 7.45. The topological polar surface area (TPSA) is 64.4 Å². The van der Waals surface area contributed by atoms with E-state index in [1.54, 1.807) is 17.0 Å². The molecule has 126 valence electrons. The van der Waals surface area contributed by atoms with Gasteiger partial charge in [-0.2, -0.15) is 0 Å². The van der Waals surface area contributed by atoms with Gasteiger partial charge in [-0.25, -0.2) is 4.98 Å². The van der Waals surface area contributed by atoms with E-state index in [1.165, 1.54) is 0 Å². The van der Waals surface area contributed by atoms with Gasteiger partial charge in [0, 0.05) is 31.5 Å². The lowest BCUT2D eigenvalue weighted by Crippen LogP contribution is -2.42. The van der Waals surface area contributed by atoms with Crippen LogP contribution in [0, 0.1) is 11.3 Å². The van der Waals surface area contributed by atoms with Gasteiger partial charge in [-0.3, -0.25) is 9.59 Å². The van der Waals surface area contributed by atoms with Crippen LogP contribution in [0.1, 0.15) is 46.1 Å². The van der Waals surface area contributed by atoms with Gasteiger partial charge in [-0.05, 0) is 32.1 Å². The molecule has 23 heavy (non-hydrogen) atoms. The van der Waals surface area contributed by atoms with Gasteiger partial charge >= 0.3 is 5.97 Å². The number of hydrogen-bond donors (Lipinski definition) is 0. The zero-order valence-corrected chi connectivity index (χ0v) is 14.1. The molecule has 2 aliphatic rings. The third-order valence-corrected chi connectivity index (χ3v) is 5.18. The minimum absolute atomic E-state index is 0.0431. The fourth-order valence-corrected chi connectivity index (χ4v) is 3.43. The summed E-state index contributed by atoms with van der Waals surface area (Å²) in [5.74, 6) is 0.461. The second kappa shape index (κ2) is 5.98. The first kappa shape index (κ1) is 16.0. The highest BCUT2D eigenvalue weighted by Crippen LogP contribution is 2.40. The maximum Gasteiger partial charge on any atom is 0.314 e. The van der Waals surface area contributed by atoms with Crippen molar-refractivity contribution in [2.75, 3.05) is 24.6 Å². The van der Waals surface area contributed by atoms with Crippen molar-refractivity contribution in [2.45, 2.75) is 46.1 Å². The first-order valence-electron chi connectivity index (χ1n) is 8.49. The van der Waals surface area contributed by atoms with Gasteiger partial charge in [-0.15, -0.1) is 0 Å². The van der Waals surface area contributed by atoms with Gasteiger partial charge in [0.05, 0.1) is 12.0 Å². The van der Waals surface area contributed by atoms with Crippen molar-refractivity contribution in [3.05, 3.63) is 22.7 Å². The molecule has 1 saturated carbocycles. The summed E-state index contributed by atoms with van der Waals surface area (Å²) in [6, 6.07) is 0.326. The molecule has 1 saturated heterocycles. The van der Waals surface area contributed by atoms with E-state index in [4.69, 9.17) is 4.74 Å². The van der Waals surface area contributed by atoms with Crippen LogP contribution in [0.5, 0.6) is 0 Å². The lowest BCUT2D eigenvalue weighted by Gasteiger charge is -2.30. The highest BCUT2D eigenvalue weighted by molar-refractivity contribution is 5.79. The average Bonchev–Trinajstić information content (AvgIpc) is 3.25. The standard InChI is InChI=1S/C17H25N3O3/c1-4-23-16(22)17(12(2)3)7-9-19(11-17)14-15(21)20(10-8-18-14)13-5-6-13/h8,10,12-13H,4-7,9,11H2,1-3H3. The van der Waals surface area contributed by atoms with Gasteiger partial charge < -0.3 is 14.2 Å². The predicted octanol–water partition coefficient (Wildman–Crippen LogP) is 1.99. The zero-order valence-electron chi connectivity index (χ0n) is 14.1. The Morgan fingerprint density at radius 1 is 1.48 bits per heavy atom. The van der Waals surface area contributed by atoms with E-state index in [0.29, 0.717) is 38.0 Å². The van der Waals surface area contributed by atoms with E-state index in [2.05, 4.69) is 4.98 Å². The van der Waals surface area contributed by atoms with Crippen LogP contribution in [-0.2, 0) is 9.53 Å². The third-order valence-electron chi connectivity index (χ3n) is 5.18. The third kappa shape index (κ3) is 2.75. The van der Waals surface area contributed by atoms with Gasteiger partial charge in [-0.1, -0.05) is 13.8 Å². The molecular weight excluding hydrogens is 294 g/mol. The molecule has 1 aromatic rings. The van der Waals surface area contributed by atoms with E-state index < -0.39 is 5.41 Å². The number of carbonyl (C=O) groups excluding carboxylic acids is 1. The molecule has 6 nitrogen and oxygen atoms in total. The Bertz CT molecular complexity index is 651. The molecule has 0 aromatic carbocycles. The fourth-order valence-electron chi connectivity index (χ4n) is 3.43. The molecule has 0 bridgehead atoms. The van der Waals surface area contributed by atoms with Crippen molar-refractivity contribution in [3.63, 3.8) is 0 Å². The van der Waals surface area contributed by atoms with Crippen molar-refractivity contribution in [2.24, 2.45) is 11.3 Å². The molecule has 2 heterocycles. The minimum Gasteiger partial charge on any atom is -0.466 e. The molecule has 0 spiro atoms. The van der Waals surface area contributed by atoms with E-state index in [0.717, 1.165) is 12.8 Å². The number of aromatic nitrogens is 2. The van der Waals surface area contributed by atoms with Crippen LogP contribution in [0.4, 0.5) is 5.82 Å². The van der Waals surface area contributed by atoms with E-state index >= 15 is 0 Å². The Balaban J connectivity index is 1.88. The molecule has 1 aliphatic heterocycles. The minimum atomic E-state index is -0.551. The van der Waals surface area contributed by atoms with Crippen molar-refractivity contribution in [1.82, 2.24) is 9.55 Å². The van der Waals surface area contributed by atoms with Crippen molar-refractivity contribution >= 4 is 11.8 Å². The van der Waals surface area contributed by atoms with Crippen LogP contribution < -0.4 is 10.5 Å². The number of anilines is 1. The highest BCUT2D eigenvalue weighted by Gasteiger charge is 2.49. The smallest absolute Gasteiger partial charge is 0.314 e. The summed E-state index contributed by atoms with van der Waals surface area (Å²) in [7, 11) is 0. The number of esters is 1. The summed E-state index contributed by atoms with van der Waals surface area (Å²) in [4.78, 5) is 31.4. The molecule has 1 unspecified atom stereocenters. The Morgan fingerprint density at radius 3 is 2.83 bits per heavy atom. The molecule has 0 N–H and O–H groups in total. The van der Waals surface area contributed by atoms with E-state index in [1.807, 2.05) is 25.7 Å². The first-order chi connectivity index (χ1) is 11.0. The van der Waals surface area contributed by atoms with Gasteiger partial charge in [0.2, 0.25) is 0 Å². The molecule has 0 radical (unpaired) electrons. The normalized spacial score (nSPS) is 24.3. The maximum absolute atomic E-state index is 12.7. The predicted molar refractivity (Wildman–Crippen MR) is 87.5 cm³/mol. The Hall–Kier alpha value is -1.85. The molecule has 2 fully saturated rings. The number of carbonyl (C=O) groups is 1. The number of nitrogens with zero attached hydrogens (tertiary/aromatic N) is 3. The Kier molecular flexibility index (Phi) is 4.17. The van der Waals surface area contributed by atoms with Gasteiger partial charge in [0.1, 0.15) is 0 Å². The molecular formula is C17H25N3O3. The molecule has 0 amide bonds. The second-order valence-corrected chi connectivity index (χ2v) is 6.90. The van der Waals surface area contributed by atoms with Crippen molar-refractivity contribution < 1.29 is 9.53 Å². The fraction of sp³-hybridized carbons (Fsp3) is 0.706. The number of rotatable bonds is 5. The largest absolute Gasteiger partial charge is 0.466 e. The lowest BCUT2D eigenvalue weighted by molar-refractivity contribution is -0.156. The summed E-state index contributed by atoms with van der Waals surface area (Å²) in [5.41, 5.74) is -0.594. The highest BCUT2D eigenvalue weighted by atomic mass is 16.5. The number of ether oxygens (including phenoxy) is 1. The molecule has 3 rings (SSSR count). The van der Waals surface area contributed by atoms with Crippen LogP contribution >= 0.6 is 0 Å². The lowest BCUT2D eigenvalue weighted by atomic mass is 9.76. The Labute approximate surface area is 136 Å². The SMILES string of the molecule is CCOC(=O)C1(C(C)C)CCN(c2nccn(C3CC3)c2=O)C1. The zero-order chi connectivity index (χ0) is 16.6. The summed E-state index contributed by atoms with van der Waals surface area (Å²) >= 11 is 0. The van der Waals surface area contributed by atoms with Crippen LogP contribution in [0.25, 0.3) is 0 Å².